The van der Waals surface area contributed by atoms with E-state index in [0.29, 0.717) is 12.8 Å². The molecule has 0 aliphatic heterocycles. The van der Waals surface area contributed by atoms with E-state index in [2.05, 4.69) is 38.2 Å². The standard InChI is InChI=1S/C50H85NO7/c1-6-8-10-12-14-16-18-20-22-23-24-25-27-28-30-32-34-36-38-40-48(52)57-45-46(44-56-43-42-47(50(54)55)51(3,4)5)58-49(53)41-39-37-35-33-31-29-26-21-19-17-15-13-11-9-7-2/h9,11,13,15,17,19,21,23-24,26,29,31,46-47H,6-8,10,12,14,16,18,20,22,25,27-28,30,32-45H2,1-5H3/b11-9+,15-13+,19-17+,24-23+,26-21+,31-29+. The van der Waals surface area contributed by atoms with E-state index < -0.39 is 18.1 Å². The van der Waals surface area contributed by atoms with Gasteiger partial charge in [-0.05, 0) is 57.8 Å². The summed E-state index contributed by atoms with van der Waals surface area (Å²) in [6, 6.07) is -0.738. The molecule has 0 radical (unpaired) electrons. The highest BCUT2D eigenvalue weighted by Crippen LogP contribution is 2.14. The monoisotopic (exact) mass is 812 g/mol. The molecule has 0 amide bonds. The second-order valence-electron chi connectivity index (χ2n) is 16.4. The first-order chi connectivity index (χ1) is 28.1. The molecule has 0 aromatic carbocycles. The Bertz CT molecular complexity index is 1180. The van der Waals surface area contributed by atoms with Gasteiger partial charge in [-0.2, -0.15) is 0 Å². The maximum Gasteiger partial charge on any atom is 0.306 e. The topological polar surface area (TPSA) is 102 Å². The van der Waals surface area contributed by atoms with Crippen LogP contribution in [0.1, 0.15) is 174 Å². The number of carbonyl (C=O) groups excluding carboxylic acids is 3. The molecular formula is C50H85NO7. The fourth-order valence-electron chi connectivity index (χ4n) is 6.38. The molecule has 2 unspecified atom stereocenters. The van der Waals surface area contributed by atoms with Crippen molar-refractivity contribution in [3.63, 3.8) is 0 Å². The molecule has 58 heavy (non-hydrogen) atoms. The van der Waals surface area contributed by atoms with E-state index in [1.807, 2.05) is 48.6 Å². The van der Waals surface area contributed by atoms with Crippen molar-refractivity contribution >= 4 is 17.9 Å². The Morgan fingerprint density at radius 1 is 0.534 bits per heavy atom. The third-order valence-electron chi connectivity index (χ3n) is 9.95. The van der Waals surface area contributed by atoms with Crippen molar-refractivity contribution in [2.24, 2.45) is 0 Å². The molecule has 0 N–H and O–H groups in total. The molecule has 0 spiro atoms. The van der Waals surface area contributed by atoms with Crippen LogP contribution >= 0.6 is 0 Å². The number of carbonyl (C=O) groups is 3. The molecule has 0 fully saturated rings. The summed E-state index contributed by atoms with van der Waals surface area (Å²) in [6.07, 6.45) is 50.7. The van der Waals surface area contributed by atoms with Crippen LogP contribution in [0.5, 0.6) is 0 Å². The Morgan fingerprint density at radius 2 is 0.983 bits per heavy atom. The Balaban J connectivity index is 4.38. The lowest BCUT2D eigenvalue weighted by Gasteiger charge is -2.34. The van der Waals surface area contributed by atoms with Gasteiger partial charge >= 0.3 is 11.9 Å². The van der Waals surface area contributed by atoms with Crippen molar-refractivity contribution in [2.75, 3.05) is 41.0 Å². The van der Waals surface area contributed by atoms with Gasteiger partial charge in [-0.1, -0.05) is 170 Å². The molecule has 0 aromatic heterocycles. The number of unbranched alkanes of at least 4 members (excludes halogenated alkanes) is 18. The summed E-state index contributed by atoms with van der Waals surface area (Å²) < 4.78 is 17.1. The van der Waals surface area contributed by atoms with Gasteiger partial charge in [0.05, 0.1) is 40.3 Å². The summed E-state index contributed by atoms with van der Waals surface area (Å²) in [6.45, 7) is 4.46. The van der Waals surface area contributed by atoms with Crippen LogP contribution in [0.3, 0.4) is 0 Å². The van der Waals surface area contributed by atoms with Crippen LogP contribution in [0.25, 0.3) is 0 Å². The molecule has 2 atom stereocenters. The number of likely N-dealkylation sites (N-methyl/N-ethyl adjacent to an activating group) is 1. The fourth-order valence-corrected chi connectivity index (χ4v) is 6.38. The SMILES string of the molecule is CC/C=C/C=C/C=C/C=C/C=C/CCCCCC(=O)OC(COCCC(C(=O)[O-])[N+](C)(C)C)COC(=O)CCCCCCCCC/C=C/CCCCCCCCCC. The maximum absolute atomic E-state index is 12.7. The number of aliphatic carboxylic acids is 1. The van der Waals surface area contributed by atoms with Gasteiger partial charge in [-0.15, -0.1) is 0 Å². The zero-order chi connectivity index (χ0) is 42.8. The van der Waals surface area contributed by atoms with Crippen LogP contribution in [0.15, 0.2) is 72.9 Å². The predicted octanol–water partition coefficient (Wildman–Crippen LogP) is 11.4. The van der Waals surface area contributed by atoms with E-state index in [1.54, 1.807) is 21.1 Å². The summed E-state index contributed by atoms with van der Waals surface area (Å²) in [4.78, 5) is 36.9. The molecule has 0 saturated heterocycles. The third-order valence-corrected chi connectivity index (χ3v) is 9.95. The van der Waals surface area contributed by atoms with E-state index in [4.69, 9.17) is 14.2 Å². The quantitative estimate of drug-likeness (QED) is 0.0200. The van der Waals surface area contributed by atoms with Crippen molar-refractivity contribution in [2.45, 2.75) is 187 Å². The smallest absolute Gasteiger partial charge is 0.306 e. The molecule has 8 nitrogen and oxygen atoms in total. The lowest BCUT2D eigenvalue weighted by Crippen LogP contribution is -2.55. The lowest BCUT2D eigenvalue weighted by molar-refractivity contribution is -0.889. The normalized spacial score (nSPS) is 13.6. The first-order valence-corrected chi connectivity index (χ1v) is 23.0. The van der Waals surface area contributed by atoms with Crippen molar-refractivity contribution in [1.82, 2.24) is 0 Å². The van der Waals surface area contributed by atoms with Crippen molar-refractivity contribution in [3.05, 3.63) is 72.9 Å². The molecule has 0 saturated carbocycles. The molecular weight excluding hydrogens is 727 g/mol. The number of quaternary nitrogens is 1. The van der Waals surface area contributed by atoms with Gasteiger partial charge in [0, 0.05) is 19.3 Å². The third kappa shape index (κ3) is 38.3. The van der Waals surface area contributed by atoms with Crippen molar-refractivity contribution in [1.29, 1.82) is 0 Å². The van der Waals surface area contributed by atoms with E-state index in [9.17, 15) is 19.5 Å². The minimum atomic E-state index is -1.14. The minimum Gasteiger partial charge on any atom is -0.544 e. The van der Waals surface area contributed by atoms with E-state index in [-0.39, 0.29) is 49.1 Å². The fraction of sp³-hybridized carbons (Fsp3) is 0.700. The Morgan fingerprint density at radius 3 is 1.50 bits per heavy atom. The molecule has 0 aliphatic carbocycles. The first-order valence-electron chi connectivity index (χ1n) is 23.0. The summed E-state index contributed by atoms with van der Waals surface area (Å²) in [5, 5.41) is 11.6. The van der Waals surface area contributed by atoms with Crippen molar-refractivity contribution in [3.8, 4) is 0 Å². The van der Waals surface area contributed by atoms with Gasteiger partial charge in [0.2, 0.25) is 0 Å². The Labute approximate surface area is 355 Å². The van der Waals surface area contributed by atoms with Crippen LogP contribution in [0.4, 0.5) is 0 Å². The highest BCUT2D eigenvalue weighted by Gasteiger charge is 2.25. The average molecular weight is 812 g/mol. The molecule has 0 bridgehead atoms. The number of ether oxygens (including phenoxy) is 3. The summed E-state index contributed by atoms with van der Waals surface area (Å²) in [5.41, 5.74) is 0. The van der Waals surface area contributed by atoms with E-state index in [0.717, 1.165) is 44.9 Å². The van der Waals surface area contributed by atoms with Gasteiger partial charge in [0.25, 0.3) is 0 Å². The number of hydrogen-bond donors (Lipinski definition) is 0. The Kier molecular flexibility index (Phi) is 38.3. The molecule has 0 rings (SSSR count). The number of nitrogens with zero attached hydrogens (tertiary/aromatic N) is 1. The van der Waals surface area contributed by atoms with E-state index >= 15 is 0 Å². The molecule has 8 heteroatoms. The molecule has 332 valence electrons. The Hall–Kier alpha value is -3.23. The number of allylic oxidation sites excluding steroid dienone is 12. The first kappa shape index (κ1) is 54.8. The summed E-state index contributed by atoms with van der Waals surface area (Å²) in [5.74, 6) is -1.80. The number of rotatable bonds is 40. The second-order valence-corrected chi connectivity index (χ2v) is 16.4. The molecule has 0 aromatic rings. The molecule has 0 aliphatic rings. The van der Waals surface area contributed by atoms with E-state index in [1.165, 1.54) is 89.9 Å². The zero-order valence-electron chi connectivity index (χ0n) is 37.7. The van der Waals surface area contributed by atoms with Gasteiger partial charge in [-0.3, -0.25) is 9.59 Å². The van der Waals surface area contributed by atoms with Crippen LogP contribution in [-0.4, -0.2) is 75.5 Å². The predicted molar refractivity (Wildman–Crippen MR) is 240 cm³/mol. The number of carboxylic acids is 1. The van der Waals surface area contributed by atoms with Gasteiger partial charge in [0.1, 0.15) is 12.6 Å². The highest BCUT2D eigenvalue weighted by atomic mass is 16.6. The van der Waals surface area contributed by atoms with Crippen LogP contribution < -0.4 is 5.11 Å². The maximum atomic E-state index is 12.7. The summed E-state index contributed by atoms with van der Waals surface area (Å²) in [7, 11) is 5.38. The number of carboxylic acid groups (broad SMARTS) is 1. The largest absolute Gasteiger partial charge is 0.544 e. The number of hydrogen-bond acceptors (Lipinski definition) is 7. The minimum absolute atomic E-state index is 0.0185. The highest BCUT2D eigenvalue weighted by molar-refractivity contribution is 5.70. The summed E-state index contributed by atoms with van der Waals surface area (Å²) >= 11 is 0. The van der Waals surface area contributed by atoms with Crippen LogP contribution in [0, 0.1) is 0 Å². The van der Waals surface area contributed by atoms with Gasteiger partial charge < -0.3 is 28.6 Å². The average Bonchev–Trinajstić information content (AvgIpc) is 3.18. The molecule has 0 heterocycles. The van der Waals surface area contributed by atoms with Crippen LogP contribution in [0.2, 0.25) is 0 Å². The second kappa shape index (κ2) is 40.5. The van der Waals surface area contributed by atoms with Crippen LogP contribution in [-0.2, 0) is 28.6 Å². The van der Waals surface area contributed by atoms with Crippen molar-refractivity contribution < 1.29 is 38.2 Å². The van der Waals surface area contributed by atoms with Gasteiger partial charge in [0.15, 0.2) is 6.10 Å². The van der Waals surface area contributed by atoms with Gasteiger partial charge in [-0.25, -0.2) is 0 Å². The zero-order valence-corrected chi connectivity index (χ0v) is 37.7. The number of esters is 2. The lowest BCUT2D eigenvalue weighted by atomic mass is 10.1.